The van der Waals surface area contributed by atoms with Crippen molar-refractivity contribution in [2.75, 3.05) is 0 Å². The number of rotatable bonds is 1. The molecule has 21 heavy (non-hydrogen) atoms. The Morgan fingerprint density at radius 2 is 1.86 bits per heavy atom. The maximum absolute atomic E-state index is 12.3. The van der Waals surface area contributed by atoms with Crippen molar-refractivity contribution in [2.45, 2.75) is 26.2 Å². The second-order valence-corrected chi connectivity index (χ2v) is 7.41. The Balaban J connectivity index is 2.43. The first kappa shape index (κ1) is 14.3. The second kappa shape index (κ2) is 4.97. The third-order valence-corrected chi connectivity index (χ3v) is 5.08. The summed E-state index contributed by atoms with van der Waals surface area (Å²) in [5.74, 6) is 0. The Hall–Kier alpha value is -1.65. The lowest BCUT2D eigenvalue weighted by Gasteiger charge is -2.19. The van der Waals surface area contributed by atoms with Crippen molar-refractivity contribution in [3.8, 4) is 11.1 Å². The summed E-state index contributed by atoms with van der Waals surface area (Å²) in [7, 11) is 0. The maximum Gasteiger partial charge on any atom is 0.260 e. The number of aromatic nitrogens is 2. The van der Waals surface area contributed by atoms with Crippen LogP contribution in [-0.4, -0.2) is 9.97 Å². The molecule has 0 unspecified atom stereocenters. The van der Waals surface area contributed by atoms with E-state index in [9.17, 15) is 4.79 Å². The molecule has 0 spiro atoms. The van der Waals surface area contributed by atoms with Gasteiger partial charge in [-0.25, -0.2) is 4.98 Å². The van der Waals surface area contributed by atoms with Crippen LogP contribution in [0, 0.1) is 0 Å². The van der Waals surface area contributed by atoms with E-state index < -0.39 is 0 Å². The van der Waals surface area contributed by atoms with E-state index in [-0.39, 0.29) is 11.0 Å². The van der Waals surface area contributed by atoms with E-state index in [0.29, 0.717) is 10.4 Å². The standard InChI is InChI=1S/C16H15ClN2OS/c1-16(2,3)13-11(9-4-6-10(17)7-5-9)12-14(20)18-8-19-15(12)21-13/h4-8H,1-3H3,(H,18,19,20). The topological polar surface area (TPSA) is 45.8 Å². The molecule has 0 saturated carbocycles. The summed E-state index contributed by atoms with van der Waals surface area (Å²) in [6.07, 6.45) is 1.46. The molecule has 108 valence electrons. The van der Waals surface area contributed by atoms with Gasteiger partial charge in [-0.3, -0.25) is 4.79 Å². The minimum atomic E-state index is -0.100. The van der Waals surface area contributed by atoms with Crippen molar-refractivity contribution < 1.29 is 0 Å². The number of halogens is 1. The Bertz CT molecular complexity index is 857. The lowest BCUT2D eigenvalue weighted by molar-refractivity contribution is 0.606. The number of hydrogen-bond donors (Lipinski definition) is 1. The summed E-state index contributed by atoms with van der Waals surface area (Å²) in [6.45, 7) is 6.43. The Morgan fingerprint density at radius 3 is 2.48 bits per heavy atom. The van der Waals surface area contributed by atoms with Gasteiger partial charge in [0.1, 0.15) is 4.83 Å². The molecule has 0 aliphatic rings. The monoisotopic (exact) mass is 318 g/mol. The van der Waals surface area contributed by atoms with E-state index in [1.807, 2.05) is 24.3 Å². The largest absolute Gasteiger partial charge is 0.313 e. The lowest BCUT2D eigenvalue weighted by Crippen LogP contribution is -2.11. The Labute approximate surface area is 131 Å². The molecule has 0 bridgehead atoms. The van der Waals surface area contributed by atoms with Gasteiger partial charge in [-0.2, -0.15) is 0 Å². The van der Waals surface area contributed by atoms with Crippen molar-refractivity contribution in [1.29, 1.82) is 0 Å². The quantitative estimate of drug-likeness (QED) is 0.712. The number of H-pyrrole nitrogens is 1. The zero-order valence-electron chi connectivity index (χ0n) is 12.0. The van der Waals surface area contributed by atoms with Crippen LogP contribution in [0.3, 0.4) is 0 Å². The second-order valence-electron chi connectivity index (χ2n) is 5.97. The number of nitrogens with one attached hydrogen (secondary N) is 1. The lowest BCUT2D eigenvalue weighted by atomic mass is 9.88. The fourth-order valence-corrected chi connectivity index (χ4v) is 3.71. The SMILES string of the molecule is CC(C)(C)c1sc2nc[nH]c(=O)c2c1-c1ccc(Cl)cc1. The van der Waals surface area contributed by atoms with Gasteiger partial charge in [0.15, 0.2) is 0 Å². The van der Waals surface area contributed by atoms with Gasteiger partial charge in [0, 0.05) is 15.5 Å². The molecule has 0 radical (unpaired) electrons. The minimum Gasteiger partial charge on any atom is -0.313 e. The molecule has 0 fully saturated rings. The number of fused-ring (bicyclic) bond motifs is 1. The summed E-state index contributed by atoms with van der Waals surface area (Å²) in [5, 5.41) is 1.34. The molecule has 0 amide bonds. The highest BCUT2D eigenvalue weighted by atomic mass is 35.5. The third-order valence-electron chi connectivity index (χ3n) is 3.31. The van der Waals surface area contributed by atoms with Crippen LogP contribution in [0.25, 0.3) is 21.3 Å². The first-order valence-electron chi connectivity index (χ1n) is 6.64. The fourth-order valence-electron chi connectivity index (χ4n) is 2.36. The maximum atomic E-state index is 12.3. The summed E-state index contributed by atoms with van der Waals surface area (Å²) in [6, 6.07) is 7.59. The first-order chi connectivity index (χ1) is 9.88. The molecule has 0 saturated heterocycles. The van der Waals surface area contributed by atoms with Crippen LogP contribution in [0.5, 0.6) is 0 Å². The van der Waals surface area contributed by atoms with Crippen LogP contribution in [0.4, 0.5) is 0 Å². The van der Waals surface area contributed by atoms with Crippen molar-refractivity contribution in [3.05, 3.63) is 50.8 Å². The van der Waals surface area contributed by atoms with E-state index in [1.54, 1.807) is 11.3 Å². The van der Waals surface area contributed by atoms with Crippen molar-refractivity contribution >= 4 is 33.2 Å². The van der Waals surface area contributed by atoms with Crippen molar-refractivity contribution in [3.63, 3.8) is 0 Å². The molecule has 2 aromatic heterocycles. The Kier molecular flexibility index (Phi) is 3.38. The van der Waals surface area contributed by atoms with Gasteiger partial charge < -0.3 is 4.98 Å². The van der Waals surface area contributed by atoms with E-state index in [1.165, 1.54) is 6.33 Å². The van der Waals surface area contributed by atoms with Gasteiger partial charge in [-0.05, 0) is 23.1 Å². The summed E-state index contributed by atoms with van der Waals surface area (Å²) >= 11 is 7.55. The predicted octanol–water partition coefficient (Wildman–Crippen LogP) is 4.60. The normalized spacial score (nSPS) is 12.0. The van der Waals surface area contributed by atoms with E-state index in [2.05, 4.69) is 30.7 Å². The molecule has 0 atom stereocenters. The molecule has 3 aromatic rings. The zero-order valence-corrected chi connectivity index (χ0v) is 13.6. The Morgan fingerprint density at radius 1 is 1.19 bits per heavy atom. The van der Waals surface area contributed by atoms with Gasteiger partial charge in [0.05, 0.1) is 11.7 Å². The van der Waals surface area contributed by atoms with Gasteiger partial charge in [0.2, 0.25) is 0 Å². The van der Waals surface area contributed by atoms with Crippen LogP contribution in [0.15, 0.2) is 35.4 Å². The molecule has 0 aliphatic carbocycles. The third kappa shape index (κ3) is 2.49. The van der Waals surface area contributed by atoms with Crippen LogP contribution >= 0.6 is 22.9 Å². The fraction of sp³-hybridized carbons (Fsp3) is 0.250. The molecular formula is C16H15ClN2OS. The number of thiophene rings is 1. The molecule has 5 heteroatoms. The van der Waals surface area contributed by atoms with Gasteiger partial charge in [-0.1, -0.05) is 44.5 Å². The molecule has 3 rings (SSSR count). The predicted molar refractivity (Wildman–Crippen MR) is 89.4 cm³/mol. The zero-order chi connectivity index (χ0) is 15.2. The molecule has 1 N–H and O–H groups in total. The van der Waals surface area contributed by atoms with Crippen molar-refractivity contribution in [2.24, 2.45) is 0 Å². The number of aromatic amines is 1. The van der Waals surface area contributed by atoms with Gasteiger partial charge >= 0.3 is 0 Å². The number of benzene rings is 1. The average Bonchev–Trinajstić information content (AvgIpc) is 2.80. The van der Waals surface area contributed by atoms with E-state index in [4.69, 9.17) is 11.6 Å². The number of hydrogen-bond acceptors (Lipinski definition) is 3. The van der Waals surface area contributed by atoms with Crippen LogP contribution in [0.2, 0.25) is 5.02 Å². The van der Waals surface area contributed by atoms with Crippen molar-refractivity contribution in [1.82, 2.24) is 9.97 Å². The number of nitrogens with zero attached hydrogens (tertiary/aromatic N) is 1. The smallest absolute Gasteiger partial charge is 0.260 e. The van der Waals surface area contributed by atoms with E-state index in [0.717, 1.165) is 20.8 Å². The van der Waals surface area contributed by atoms with Gasteiger partial charge in [0.25, 0.3) is 5.56 Å². The minimum absolute atomic E-state index is 0.0627. The van der Waals surface area contributed by atoms with Gasteiger partial charge in [-0.15, -0.1) is 11.3 Å². The van der Waals surface area contributed by atoms with Crippen LogP contribution in [-0.2, 0) is 5.41 Å². The first-order valence-corrected chi connectivity index (χ1v) is 7.84. The summed E-state index contributed by atoms with van der Waals surface area (Å²) < 4.78 is 0. The highest BCUT2D eigenvalue weighted by Gasteiger charge is 2.25. The average molecular weight is 319 g/mol. The highest BCUT2D eigenvalue weighted by Crippen LogP contribution is 2.42. The van der Waals surface area contributed by atoms with Crippen LogP contribution < -0.4 is 5.56 Å². The molecule has 1 aromatic carbocycles. The summed E-state index contributed by atoms with van der Waals surface area (Å²) in [4.78, 5) is 21.2. The molecular weight excluding hydrogens is 304 g/mol. The highest BCUT2D eigenvalue weighted by molar-refractivity contribution is 7.19. The molecule has 0 aliphatic heterocycles. The summed E-state index contributed by atoms with van der Waals surface area (Å²) in [5.41, 5.74) is 1.80. The molecule has 2 heterocycles. The van der Waals surface area contributed by atoms with E-state index >= 15 is 0 Å². The van der Waals surface area contributed by atoms with Crippen LogP contribution in [0.1, 0.15) is 25.6 Å². The molecule has 3 nitrogen and oxygen atoms in total.